The number of hydrogen-bond acceptors (Lipinski definition) is 3. The smallest absolute Gasteiger partial charge is 0.228 e. The van der Waals surface area contributed by atoms with Crippen molar-refractivity contribution in [1.29, 1.82) is 0 Å². The zero-order chi connectivity index (χ0) is 13.7. The molecule has 1 aliphatic carbocycles. The van der Waals surface area contributed by atoms with Gasteiger partial charge in [0, 0.05) is 13.0 Å². The van der Waals surface area contributed by atoms with Crippen LogP contribution in [0.15, 0.2) is 18.3 Å². The van der Waals surface area contributed by atoms with E-state index in [1.165, 1.54) is 25.7 Å². The number of aromatic nitrogens is 1. The van der Waals surface area contributed by atoms with E-state index in [1.54, 1.807) is 17.2 Å². The number of anilines is 2. The van der Waals surface area contributed by atoms with Crippen LogP contribution >= 0.6 is 0 Å². The monoisotopic (exact) mass is 261 g/mol. The van der Waals surface area contributed by atoms with Gasteiger partial charge in [-0.05, 0) is 37.8 Å². The predicted octanol–water partition coefficient (Wildman–Crippen LogP) is 2.99. The van der Waals surface area contributed by atoms with Crippen molar-refractivity contribution in [1.82, 2.24) is 4.98 Å². The maximum atomic E-state index is 12.2. The van der Waals surface area contributed by atoms with Crippen LogP contribution in [-0.2, 0) is 4.79 Å². The molecule has 1 amide bonds. The maximum absolute atomic E-state index is 12.2. The van der Waals surface area contributed by atoms with E-state index in [2.05, 4.69) is 4.98 Å². The third-order valence-corrected chi connectivity index (χ3v) is 3.89. The van der Waals surface area contributed by atoms with Crippen LogP contribution in [0.3, 0.4) is 0 Å². The first-order chi connectivity index (χ1) is 9.20. The molecule has 0 bridgehead atoms. The van der Waals surface area contributed by atoms with Gasteiger partial charge in [0.2, 0.25) is 5.91 Å². The minimum Gasteiger partial charge on any atom is -0.397 e. The molecule has 1 aliphatic rings. The van der Waals surface area contributed by atoms with Crippen LogP contribution in [0.5, 0.6) is 0 Å². The lowest BCUT2D eigenvalue weighted by molar-refractivity contribution is -0.118. The van der Waals surface area contributed by atoms with Crippen LogP contribution in [0.1, 0.15) is 45.4 Å². The van der Waals surface area contributed by atoms with Crippen molar-refractivity contribution in [2.45, 2.75) is 45.4 Å². The second-order valence-electron chi connectivity index (χ2n) is 5.28. The van der Waals surface area contributed by atoms with Crippen molar-refractivity contribution in [3.8, 4) is 0 Å². The fourth-order valence-corrected chi connectivity index (χ4v) is 2.48. The number of pyridine rings is 1. The zero-order valence-electron chi connectivity index (χ0n) is 11.6. The van der Waals surface area contributed by atoms with Crippen molar-refractivity contribution in [2.24, 2.45) is 5.92 Å². The molecule has 1 heterocycles. The summed E-state index contributed by atoms with van der Waals surface area (Å²) in [5.74, 6) is 1.74. The average Bonchev–Trinajstić information content (AvgIpc) is 2.35. The molecule has 2 rings (SSSR count). The number of carbonyl (C=O) groups is 1. The highest BCUT2D eigenvalue weighted by Gasteiger charge is 2.19. The van der Waals surface area contributed by atoms with Gasteiger partial charge < -0.3 is 5.73 Å². The first-order valence-corrected chi connectivity index (χ1v) is 7.22. The molecular formula is C15H23N3O. The minimum atomic E-state index is 0.166. The standard InChI is InChI=1S/C15H23N3O/c1-2-18(14-10-9-13(16)11-17-14)15(19)8-4-7-12-5-3-6-12/h9-12H,2-8,16H2,1H3. The highest BCUT2D eigenvalue weighted by atomic mass is 16.2. The highest BCUT2D eigenvalue weighted by Crippen LogP contribution is 2.31. The molecule has 19 heavy (non-hydrogen) atoms. The molecule has 0 saturated heterocycles. The van der Waals surface area contributed by atoms with Gasteiger partial charge in [0.05, 0.1) is 11.9 Å². The Morgan fingerprint density at radius 3 is 2.79 bits per heavy atom. The minimum absolute atomic E-state index is 0.166. The number of nitrogens with two attached hydrogens (primary N) is 1. The first kappa shape index (κ1) is 13.8. The molecule has 1 aromatic heterocycles. The van der Waals surface area contributed by atoms with Gasteiger partial charge in [-0.1, -0.05) is 19.3 Å². The van der Waals surface area contributed by atoms with E-state index in [1.807, 2.05) is 13.0 Å². The molecule has 0 atom stereocenters. The number of nitrogens with zero attached hydrogens (tertiary/aromatic N) is 2. The van der Waals surface area contributed by atoms with E-state index in [0.29, 0.717) is 24.5 Å². The Morgan fingerprint density at radius 1 is 1.47 bits per heavy atom. The molecule has 0 spiro atoms. The normalized spacial score (nSPS) is 15.0. The van der Waals surface area contributed by atoms with E-state index < -0.39 is 0 Å². The molecule has 4 heteroatoms. The van der Waals surface area contributed by atoms with Crippen LogP contribution < -0.4 is 10.6 Å². The van der Waals surface area contributed by atoms with Crippen molar-refractivity contribution in [2.75, 3.05) is 17.2 Å². The van der Waals surface area contributed by atoms with Crippen LogP contribution in [0, 0.1) is 5.92 Å². The van der Waals surface area contributed by atoms with Crippen molar-refractivity contribution >= 4 is 17.4 Å². The lowest BCUT2D eigenvalue weighted by Gasteiger charge is -2.25. The fourth-order valence-electron chi connectivity index (χ4n) is 2.48. The molecule has 0 aromatic carbocycles. The van der Waals surface area contributed by atoms with Gasteiger partial charge in [-0.25, -0.2) is 4.98 Å². The van der Waals surface area contributed by atoms with E-state index in [-0.39, 0.29) is 5.91 Å². The van der Waals surface area contributed by atoms with E-state index in [9.17, 15) is 4.79 Å². The summed E-state index contributed by atoms with van der Waals surface area (Å²) >= 11 is 0. The van der Waals surface area contributed by atoms with Gasteiger partial charge in [-0.15, -0.1) is 0 Å². The maximum Gasteiger partial charge on any atom is 0.228 e. The summed E-state index contributed by atoms with van der Waals surface area (Å²) in [4.78, 5) is 18.2. The summed E-state index contributed by atoms with van der Waals surface area (Å²) in [6.07, 6.45) is 8.48. The van der Waals surface area contributed by atoms with Gasteiger partial charge in [-0.2, -0.15) is 0 Å². The molecule has 1 saturated carbocycles. The lowest BCUT2D eigenvalue weighted by Crippen LogP contribution is -2.31. The SMILES string of the molecule is CCN(C(=O)CCCC1CCC1)c1ccc(N)cn1. The number of rotatable bonds is 6. The third kappa shape index (κ3) is 3.69. The van der Waals surface area contributed by atoms with Crippen LogP contribution in [0.2, 0.25) is 0 Å². The molecule has 104 valence electrons. The van der Waals surface area contributed by atoms with Gasteiger partial charge in [0.1, 0.15) is 5.82 Å². The van der Waals surface area contributed by atoms with Crippen molar-refractivity contribution < 1.29 is 4.79 Å². The van der Waals surface area contributed by atoms with Crippen LogP contribution in [-0.4, -0.2) is 17.4 Å². The highest BCUT2D eigenvalue weighted by molar-refractivity contribution is 5.92. The van der Waals surface area contributed by atoms with Gasteiger partial charge in [0.25, 0.3) is 0 Å². The van der Waals surface area contributed by atoms with Gasteiger partial charge in [-0.3, -0.25) is 9.69 Å². The Labute approximate surface area is 115 Å². The van der Waals surface area contributed by atoms with Gasteiger partial charge in [0.15, 0.2) is 0 Å². The Kier molecular flexibility index (Phi) is 4.77. The third-order valence-electron chi connectivity index (χ3n) is 3.89. The van der Waals surface area contributed by atoms with Crippen molar-refractivity contribution in [3.63, 3.8) is 0 Å². The Balaban J connectivity index is 1.85. The molecular weight excluding hydrogens is 238 g/mol. The van der Waals surface area contributed by atoms with E-state index >= 15 is 0 Å². The number of carbonyl (C=O) groups excluding carboxylic acids is 1. The summed E-state index contributed by atoms with van der Waals surface area (Å²) in [6.45, 7) is 2.63. The van der Waals surface area contributed by atoms with Crippen LogP contribution in [0.25, 0.3) is 0 Å². The molecule has 2 N–H and O–H groups in total. The molecule has 0 aliphatic heterocycles. The number of hydrogen-bond donors (Lipinski definition) is 1. The van der Waals surface area contributed by atoms with E-state index in [0.717, 1.165) is 12.3 Å². The molecule has 1 fully saturated rings. The predicted molar refractivity (Wildman–Crippen MR) is 77.9 cm³/mol. The quantitative estimate of drug-likeness (QED) is 0.856. The fraction of sp³-hybridized carbons (Fsp3) is 0.600. The number of amides is 1. The molecule has 0 radical (unpaired) electrons. The first-order valence-electron chi connectivity index (χ1n) is 7.22. The number of nitrogen functional groups attached to an aromatic ring is 1. The second kappa shape index (κ2) is 6.55. The average molecular weight is 261 g/mol. The molecule has 4 nitrogen and oxygen atoms in total. The van der Waals surface area contributed by atoms with Crippen LogP contribution in [0.4, 0.5) is 11.5 Å². The summed E-state index contributed by atoms with van der Waals surface area (Å²) in [5, 5.41) is 0. The topological polar surface area (TPSA) is 59.2 Å². The van der Waals surface area contributed by atoms with Crippen molar-refractivity contribution in [3.05, 3.63) is 18.3 Å². The Hall–Kier alpha value is -1.58. The summed E-state index contributed by atoms with van der Waals surface area (Å²) in [7, 11) is 0. The Morgan fingerprint density at radius 2 is 2.26 bits per heavy atom. The van der Waals surface area contributed by atoms with Gasteiger partial charge >= 0.3 is 0 Å². The Bertz CT molecular complexity index is 412. The lowest BCUT2D eigenvalue weighted by atomic mass is 9.82. The largest absolute Gasteiger partial charge is 0.397 e. The molecule has 0 unspecified atom stereocenters. The summed E-state index contributed by atoms with van der Waals surface area (Å²) in [5.41, 5.74) is 6.24. The summed E-state index contributed by atoms with van der Waals surface area (Å²) in [6, 6.07) is 3.59. The van der Waals surface area contributed by atoms with E-state index in [4.69, 9.17) is 5.73 Å². The second-order valence-corrected chi connectivity index (χ2v) is 5.28. The summed E-state index contributed by atoms with van der Waals surface area (Å²) < 4.78 is 0. The molecule has 1 aromatic rings. The zero-order valence-corrected chi connectivity index (χ0v) is 11.6.